The largest absolute Gasteiger partial charge is 0.290 e. The Labute approximate surface area is 169 Å². The quantitative estimate of drug-likeness (QED) is 0.438. The molecule has 6 heteroatoms. The van der Waals surface area contributed by atoms with Gasteiger partial charge in [-0.05, 0) is 44.0 Å². The van der Waals surface area contributed by atoms with Gasteiger partial charge in [0.25, 0.3) is 10.0 Å². The highest BCUT2D eigenvalue weighted by Crippen LogP contribution is 2.22. The van der Waals surface area contributed by atoms with Crippen LogP contribution in [0.3, 0.4) is 0 Å². The molecule has 0 aliphatic rings. The van der Waals surface area contributed by atoms with Crippen LogP contribution in [-0.2, 0) is 19.8 Å². The summed E-state index contributed by atoms with van der Waals surface area (Å²) in [6.45, 7) is 4.05. The zero-order valence-corrected chi connectivity index (χ0v) is 18.2. The van der Waals surface area contributed by atoms with Crippen LogP contribution in [0, 0.1) is 6.92 Å². The first kappa shape index (κ1) is 22.4. The van der Waals surface area contributed by atoms with Gasteiger partial charge in [-0.3, -0.25) is 0 Å². The van der Waals surface area contributed by atoms with Crippen LogP contribution >= 0.6 is 0 Å². The lowest BCUT2D eigenvalue weighted by Gasteiger charge is -2.07. The fourth-order valence-electron chi connectivity index (χ4n) is 2.73. The zero-order valence-electron chi connectivity index (χ0n) is 16.6. The lowest BCUT2D eigenvalue weighted by atomic mass is 10.1. The molecule has 0 aliphatic carbocycles. The van der Waals surface area contributed by atoms with Gasteiger partial charge in [-0.25, -0.2) is 4.21 Å². The molecule has 0 aromatic heterocycles. The van der Waals surface area contributed by atoms with E-state index in [0.29, 0.717) is 4.90 Å². The molecule has 0 aliphatic heterocycles. The van der Waals surface area contributed by atoms with E-state index in [2.05, 4.69) is 10.7 Å². The summed E-state index contributed by atoms with van der Waals surface area (Å²) in [6.07, 6.45) is 8.25. The van der Waals surface area contributed by atoms with Crippen molar-refractivity contribution in [3.8, 4) is 0 Å². The van der Waals surface area contributed by atoms with Crippen LogP contribution in [0.5, 0.6) is 0 Å². The van der Waals surface area contributed by atoms with E-state index in [1.165, 1.54) is 36.8 Å². The summed E-state index contributed by atoms with van der Waals surface area (Å²) in [4.78, 5) is 0.447. The summed E-state index contributed by atoms with van der Waals surface area (Å²) in [5.74, 6) is 0. The number of benzene rings is 2. The molecule has 0 amide bonds. The van der Waals surface area contributed by atoms with Crippen molar-refractivity contribution in [3.05, 3.63) is 71.6 Å². The molecule has 0 heterocycles. The van der Waals surface area contributed by atoms with E-state index < -0.39 is 19.8 Å². The Morgan fingerprint density at radius 2 is 1.46 bits per heavy atom. The van der Waals surface area contributed by atoms with Gasteiger partial charge in [-0.2, -0.15) is 8.42 Å². The van der Waals surface area contributed by atoms with Crippen molar-refractivity contribution in [2.24, 2.45) is 3.77 Å². The van der Waals surface area contributed by atoms with E-state index in [1.807, 2.05) is 6.92 Å². The van der Waals surface area contributed by atoms with Gasteiger partial charge in [0.2, 0.25) is 0 Å². The summed E-state index contributed by atoms with van der Waals surface area (Å²) >= 11 is 0. The fraction of sp³-hybridized carbons (Fsp3) is 0.364. The van der Waals surface area contributed by atoms with Gasteiger partial charge >= 0.3 is 0 Å². The van der Waals surface area contributed by atoms with Crippen molar-refractivity contribution in [2.45, 2.75) is 62.2 Å². The highest BCUT2D eigenvalue weighted by atomic mass is 32.3. The molecule has 0 fully saturated rings. The molecule has 2 rings (SSSR count). The molecular weight excluding hydrogens is 390 g/mol. The van der Waals surface area contributed by atoms with Gasteiger partial charge in [-0.1, -0.05) is 78.3 Å². The second kappa shape index (κ2) is 10.6. The van der Waals surface area contributed by atoms with Crippen LogP contribution in [0.15, 0.2) is 79.6 Å². The minimum atomic E-state index is -4.04. The molecule has 4 nitrogen and oxygen atoms in total. The summed E-state index contributed by atoms with van der Waals surface area (Å²) in [5, 5.41) is 1.47. The van der Waals surface area contributed by atoms with Crippen molar-refractivity contribution < 1.29 is 12.6 Å². The van der Waals surface area contributed by atoms with Gasteiger partial charge < -0.3 is 0 Å². The molecule has 28 heavy (non-hydrogen) atoms. The molecule has 0 saturated heterocycles. The number of hydrogen-bond donors (Lipinski definition) is 0. The fourth-order valence-corrected chi connectivity index (χ4v) is 6.36. The van der Waals surface area contributed by atoms with Gasteiger partial charge in [0.05, 0.1) is 9.79 Å². The summed E-state index contributed by atoms with van der Waals surface area (Å²) < 4.78 is 42.9. The van der Waals surface area contributed by atoms with E-state index in [9.17, 15) is 12.6 Å². The van der Waals surface area contributed by atoms with E-state index in [4.69, 9.17) is 0 Å². The maximum Gasteiger partial charge on any atom is 0.290 e. The zero-order chi connectivity index (χ0) is 20.5. The minimum absolute atomic E-state index is 0.0507. The number of aryl methyl sites for hydroxylation is 1. The van der Waals surface area contributed by atoms with Crippen molar-refractivity contribution in [2.75, 3.05) is 0 Å². The van der Waals surface area contributed by atoms with Crippen LogP contribution in [-0.4, -0.2) is 12.6 Å². The van der Waals surface area contributed by atoms with Crippen molar-refractivity contribution in [1.82, 2.24) is 0 Å². The first-order chi connectivity index (χ1) is 13.4. The summed E-state index contributed by atoms with van der Waals surface area (Å²) in [6, 6.07) is 15.0. The SMILES string of the molecule is CCCCCCC/C=C/[S@@](=O)(=NS(=O)(=O)c1ccc(C)cc1)c1ccccc1. The third-order valence-electron chi connectivity index (χ3n) is 4.36. The molecular formula is C22H29NO3S2. The summed E-state index contributed by atoms with van der Waals surface area (Å²) in [7, 11) is -7.26. The molecule has 0 bridgehead atoms. The van der Waals surface area contributed by atoms with Gasteiger partial charge in [0.15, 0.2) is 0 Å². The molecule has 0 N–H and O–H groups in total. The third kappa shape index (κ3) is 6.60. The third-order valence-corrected chi connectivity index (χ3v) is 8.41. The Kier molecular flexibility index (Phi) is 8.45. The van der Waals surface area contributed by atoms with Gasteiger partial charge in [0, 0.05) is 5.41 Å². The molecule has 0 radical (unpaired) electrons. The van der Waals surface area contributed by atoms with Gasteiger partial charge in [-0.15, -0.1) is 0 Å². The standard InChI is InChI=1S/C22H29NO3S2/c1-3-4-5-6-7-8-12-19-27(24,21-13-10-9-11-14-21)23-28(25,26)22-17-15-20(2)16-18-22/h9-19H,3-8H2,1-2H3/b19-12+/t27-/m0/s1. The number of unbranched alkanes of at least 4 members (excludes halogenated alkanes) is 5. The van der Waals surface area contributed by atoms with Crippen molar-refractivity contribution >= 4 is 19.8 Å². The lowest BCUT2D eigenvalue weighted by molar-refractivity contribution is 0.598. The second-order valence-electron chi connectivity index (χ2n) is 6.82. The highest BCUT2D eigenvalue weighted by Gasteiger charge is 2.18. The van der Waals surface area contributed by atoms with Crippen LogP contribution in [0.2, 0.25) is 0 Å². The average molecular weight is 420 g/mol. The Bertz CT molecular complexity index is 986. The number of allylic oxidation sites excluding steroid dienone is 1. The minimum Gasteiger partial charge on any atom is -0.239 e. The number of sulfonamides is 1. The predicted molar refractivity (Wildman–Crippen MR) is 116 cm³/mol. The monoisotopic (exact) mass is 419 g/mol. The maximum absolute atomic E-state index is 13.5. The van der Waals surface area contributed by atoms with E-state index in [-0.39, 0.29) is 4.90 Å². The highest BCUT2D eigenvalue weighted by molar-refractivity contribution is 8.05. The topological polar surface area (TPSA) is 63.6 Å². The normalized spacial score (nSPS) is 14.1. The van der Waals surface area contributed by atoms with Crippen molar-refractivity contribution in [3.63, 3.8) is 0 Å². The Morgan fingerprint density at radius 1 is 0.821 bits per heavy atom. The molecule has 0 spiro atoms. The Morgan fingerprint density at radius 3 is 2.11 bits per heavy atom. The molecule has 0 saturated carbocycles. The maximum atomic E-state index is 13.5. The molecule has 2 aromatic carbocycles. The number of hydrogen-bond acceptors (Lipinski definition) is 3. The van der Waals surface area contributed by atoms with Crippen molar-refractivity contribution in [1.29, 1.82) is 0 Å². The molecule has 1 atom stereocenters. The first-order valence-electron chi connectivity index (χ1n) is 9.69. The molecule has 0 unspecified atom stereocenters. The smallest absolute Gasteiger partial charge is 0.239 e. The summed E-state index contributed by atoms with van der Waals surface area (Å²) in [5.41, 5.74) is 0.950. The second-order valence-corrected chi connectivity index (χ2v) is 10.7. The lowest BCUT2D eigenvalue weighted by Crippen LogP contribution is -2.04. The van der Waals surface area contributed by atoms with E-state index in [0.717, 1.165) is 24.8 Å². The first-order valence-corrected chi connectivity index (χ1v) is 12.7. The molecule has 152 valence electrons. The Balaban J connectivity index is 2.32. The van der Waals surface area contributed by atoms with Crippen LogP contribution < -0.4 is 0 Å². The van der Waals surface area contributed by atoms with Crippen LogP contribution in [0.1, 0.15) is 51.0 Å². The number of rotatable bonds is 10. The van der Waals surface area contributed by atoms with Gasteiger partial charge in [0.1, 0.15) is 9.73 Å². The average Bonchev–Trinajstić information content (AvgIpc) is 2.68. The predicted octanol–water partition coefficient (Wildman–Crippen LogP) is 6.09. The van der Waals surface area contributed by atoms with E-state index in [1.54, 1.807) is 48.5 Å². The van der Waals surface area contributed by atoms with E-state index >= 15 is 0 Å². The van der Waals surface area contributed by atoms with Crippen LogP contribution in [0.4, 0.5) is 0 Å². The Hall–Kier alpha value is -1.92. The van der Waals surface area contributed by atoms with Crippen LogP contribution in [0.25, 0.3) is 0 Å². The number of nitrogens with zero attached hydrogens (tertiary/aromatic N) is 1. The molecule has 2 aromatic rings.